The van der Waals surface area contributed by atoms with Gasteiger partial charge in [-0.25, -0.2) is 0 Å². The highest BCUT2D eigenvalue weighted by Gasteiger charge is 2.21. The van der Waals surface area contributed by atoms with Crippen LogP contribution < -0.4 is 4.74 Å². The van der Waals surface area contributed by atoms with Gasteiger partial charge in [0.05, 0.1) is 16.7 Å². The number of hydrogen-bond acceptors (Lipinski definition) is 2. The summed E-state index contributed by atoms with van der Waals surface area (Å²) in [5, 5.41) is 10.1. The number of rotatable bonds is 2. The molecule has 2 nitrogen and oxygen atoms in total. The summed E-state index contributed by atoms with van der Waals surface area (Å²) in [6, 6.07) is 5.52. The summed E-state index contributed by atoms with van der Waals surface area (Å²) in [4.78, 5) is 0. The fraction of sp³-hybridized carbons (Fsp3) is 0.500. The van der Waals surface area contributed by atoms with Crippen LogP contribution in [0.25, 0.3) is 0 Å². The third-order valence-corrected chi connectivity index (χ3v) is 3.72. The Bertz CT molecular complexity index is 362. The number of aliphatic hydroxyl groups is 1. The third kappa shape index (κ3) is 3.12. The molecule has 0 amide bonds. The lowest BCUT2D eigenvalue weighted by molar-refractivity contribution is 0.0662. The topological polar surface area (TPSA) is 29.5 Å². The second-order valence-corrected chi connectivity index (χ2v) is 5.41. The van der Waals surface area contributed by atoms with Gasteiger partial charge in [-0.2, -0.15) is 0 Å². The van der Waals surface area contributed by atoms with E-state index in [2.05, 4.69) is 15.9 Å². The Morgan fingerprint density at radius 1 is 1.25 bits per heavy atom. The van der Waals surface area contributed by atoms with Crippen LogP contribution in [0.15, 0.2) is 22.7 Å². The first-order valence-electron chi connectivity index (χ1n) is 5.45. The maximum Gasteiger partial charge on any atom is 0.135 e. The molecule has 0 aliphatic heterocycles. The van der Waals surface area contributed by atoms with Crippen LogP contribution in [0.2, 0.25) is 5.02 Å². The fourth-order valence-corrected chi connectivity index (χ4v) is 2.41. The summed E-state index contributed by atoms with van der Waals surface area (Å²) in [5.41, 5.74) is 0. The van der Waals surface area contributed by atoms with Gasteiger partial charge in [-0.3, -0.25) is 0 Å². The van der Waals surface area contributed by atoms with Gasteiger partial charge in [0.1, 0.15) is 5.75 Å². The zero-order valence-electron chi connectivity index (χ0n) is 8.83. The molecule has 1 saturated carbocycles. The lowest BCUT2D eigenvalue weighted by Crippen LogP contribution is -2.26. The Balaban J connectivity index is 2.00. The second-order valence-electron chi connectivity index (χ2n) is 4.12. The molecule has 0 spiro atoms. The fourth-order valence-electron chi connectivity index (χ4n) is 1.91. The number of hydrogen-bond donors (Lipinski definition) is 1. The molecule has 0 aromatic heterocycles. The van der Waals surface area contributed by atoms with Crippen molar-refractivity contribution in [2.24, 2.45) is 0 Å². The predicted octanol–water partition coefficient (Wildman–Crippen LogP) is 3.78. The van der Waals surface area contributed by atoms with Crippen molar-refractivity contribution < 1.29 is 9.84 Å². The minimum atomic E-state index is -0.150. The van der Waals surface area contributed by atoms with E-state index in [0.717, 1.165) is 35.9 Å². The van der Waals surface area contributed by atoms with Crippen molar-refractivity contribution in [2.75, 3.05) is 0 Å². The van der Waals surface area contributed by atoms with E-state index in [-0.39, 0.29) is 12.2 Å². The molecule has 1 aliphatic carbocycles. The molecule has 0 saturated heterocycles. The summed E-state index contributed by atoms with van der Waals surface area (Å²) < 4.78 is 6.79. The molecular weight excluding hydrogens is 291 g/mol. The number of benzene rings is 1. The van der Waals surface area contributed by atoms with Gasteiger partial charge in [0, 0.05) is 5.02 Å². The molecule has 16 heavy (non-hydrogen) atoms. The van der Waals surface area contributed by atoms with Crippen molar-refractivity contribution in [1.29, 1.82) is 0 Å². The lowest BCUT2D eigenvalue weighted by atomic mass is 9.95. The van der Waals surface area contributed by atoms with Gasteiger partial charge >= 0.3 is 0 Å². The maximum atomic E-state index is 9.41. The van der Waals surface area contributed by atoms with Crippen LogP contribution in [0, 0.1) is 0 Å². The standard InChI is InChI=1S/C12H14BrClO2/c13-11-6-1-8(14)7-12(11)16-10-4-2-9(15)3-5-10/h1,6-7,9-10,15H,2-5H2. The molecule has 1 aromatic carbocycles. The van der Waals surface area contributed by atoms with Crippen LogP contribution >= 0.6 is 27.5 Å². The molecule has 0 unspecified atom stereocenters. The van der Waals surface area contributed by atoms with E-state index in [0.29, 0.717) is 5.02 Å². The van der Waals surface area contributed by atoms with E-state index in [1.807, 2.05) is 18.2 Å². The minimum absolute atomic E-state index is 0.150. The molecule has 2 rings (SSSR count). The van der Waals surface area contributed by atoms with Crippen LogP contribution in [-0.4, -0.2) is 17.3 Å². The van der Waals surface area contributed by atoms with Gasteiger partial charge in [0.25, 0.3) is 0 Å². The van der Waals surface area contributed by atoms with E-state index >= 15 is 0 Å². The molecule has 0 radical (unpaired) electrons. The zero-order valence-corrected chi connectivity index (χ0v) is 11.2. The molecule has 1 aromatic rings. The molecule has 0 bridgehead atoms. The van der Waals surface area contributed by atoms with Gasteiger partial charge < -0.3 is 9.84 Å². The normalized spacial score (nSPS) is 25.4. The van der Waals surface area contributed by atoms with Crippen LogP contribution in [0.4, 0.5) is 0 Å². The molecule has 0 heterocycles. The highest BCUT2D eigenvalue weighted by Crippen LogP contribution is 2.31. The predicted molar refractivity (Wildman–Crippen MR) is 68.0 cm³/mol. The summed E-state index contributed by atoms with van der Waals surface area (Å²) in [6.07, 6.45) is 3.49. The van der Waals surface area contributed by atoms with Gasteiger partial charge in [0.15, 0.2) is 0 Å². The molecule has 1 N–H and O–H groups in total. The first-order chi connectivity index (χ1) is 7.65. The van der Waals surface area contributed by atoms with Crippen LogP contribution in [0.1, 0.15) is 25.7 Å². The Morgan fingerprint density at radius 2 is 1.94 bits per heavy atom. The van der Waals surface area contributed by atoms with E-state index in [4.69, 9.17) is 16.3 Å². The van der Waals surface area contributed by atoms with Gasteiger partial charge in [0.2, 0.25) is 0 Å². The van der Waals surface area contributed by atoms with Crippen LogP contribution in [-0.2, 0) is 0 Å². The maximum absolute atomic E-state index is 9.41. The quantitative estimate of drug-likeness (QED) is 0.901. The van der Waals surface area contributed by atoms with Crippen molar-refractivity contribution in [3.05, 3.63) is 27.7 Å². The van der Waals surface area contributed by atoms with Crippen molar-refractivity contribution in [3.63, 3.8) is 0 Å². The summed E-state index contributed by atoms with van der Waals surface area (Å²) >= 11 is 9.35. The Labute approximate surface area is 109 Å². The summed E-state index contributed by atoms with van der Waals surface area (Å²) in [6.45, 7) is 0. The molecule has 0 atom stereocenters. The summed E-state index contributed by atoms with van der Waals surface area (Å²) in [7, 11) is 0. The van der Waals surface area contributed by atoms with E-state index in [1.54, 1.807) is 0 Å². The Hall–Kier alpha value is -0.250. The highest BCUT2D eigenvalue weighted by molar-refractivity contribution is 9.10. The average molecular weight is 306 g/mol. The second kappa shape index (κ2) is 5.39. The molecule has 4 heteroatoms. The first kappa shape index (κ1) is 12.2. The van der Waals surface area contributed by atoms with Crippen molar-refractivity contribution in [3.8, 4) is 5.75 Å². The summed E-state index contributed by atoms with van der Waals surface area (Å²) in [5.74, 6) is 0.786. The Kier molecular flexibility index (Phi) is 4.11. The first-order valence-corrected chi connectivity index (χ1v) is 6.62. The van der Waals surface area contributed by atoms with Crippen molar-refractivity contribution in [1.82, 2.24) is 0 Å². The third-order valence-electron chi connectivity index (χ3n) is 2.83. The van der Waals surface area contributed by atoms with Crippen molar-refractivity contribution >= 4 is 27.5 Å². The van der Waals surface area contributed by atoms with Crippen LogP contribution in [0.3, 0.4) is 0 Å². The Morgan fingerprint density at radius 3 is 2.62 bits per heavy atom. The zero-order chi connectivity index (χ0) is 11.5. The number of aliphatic hydroxyl groups excluding tert-OH is 1. The van der Waals surface area contributed by atoms with Gasteiger partial charge in [-0.05, 0) is 59.8 Å². The lowest BCUT2D eigenvalue weighted by Gasteiger charge is -2.26. The van der Waals surface area contributed by atoms with E-state index in [9.17, 15) is 5.11 Å². The molecule has 88 valence electrons. The molecule has 1 aliphatic rings. The van der Waals surface area contributed by atoms with Gasteiger partial charge in [-0.1, -0.05) is 11.6 Å². The van der Waals surface area contributed by atoms with Gasteiger partial charge in [-0.15, -0.1) is 0 Å². The average Bonchev–Trinajstić information content (AvgIpc) is 2.27. The highest BCUT2D eigenvalue weighted by atomic mass is 79.9. The number of ether oxygens (including phenoxy) is 1. The minimum Gasteiger partial charge on any atom is -0.489 e. The smallest absolute Gasteiger partial charge is 0.135 e. The van der Waals surface area contributed by atoms with Crippen molar-refractivity contribution in [2.45, 2.75) is 37.9 Å². The van der Waals surface area contributed by atoms with Crippen LogP contribution in [0.5, 0.6) is 5.75 Å². The molecule has 1 fully saturated rings. The largest absolute Gasteiger partial charge is 0.489 e. The SMILES string of the molecule is OC1CCC(Oc2cc(Cl)ccc2Br)CC1. The van der Waals surface area contributed by atoms with E-state index < -0.39 is 0 Å². The van der Waals surface area contributed by atoms with E-state index in [1.165, 1.54) is 0 Å². The number of halogens is 2. The monoisotopic (exact) mass is 304 g/mol. The molecular formula is C12H14BrClO2.